The van der Waals surface area contributed by atoms with Crippen LogP contribution in [0.15, 0.2) is 23.2 Å². The molecule has 0 amide bonds. The van der Waals surface area contributed by atoms with Crippen molar-refractivity contribution in [2.24, 2.45) is 0 Å². The second-order valence-corrected chi connectivity index (χ2v) is 5.65. The molecule has 0 aliphatic heterocycles. The van der Waals surface area contributed by atoms with Crippen molar-refractivity contribution in [2.75, 3.05) is 0 Å². The van der Waals surface area contributed by atoms with E-state index in [4.69, 9.17) is 15.5 Å². The molecule has 0 saturated carbocycles. The van der Waals surface area contributed by atoms with Gasteiger partial charge in [0.1, 0.15) is 22.7 Å². The fourth-order valence-electron chi connectivity index (χ4n) is 1.36. The molecule has 0 saturated heterocycles. The molecular formula is C11H11N3O6S. The molecule has 0 radical (unpaired) electrons. The number of carboxylic acids is 2. The van der Waals surface area contributed by atoms with Crippen LogP contribution in [0.5, 0.6) is 0 Å². The molecule has 1 aromatic heterocycles. The van der Waals surface area contributed by atoms with Crippen LogP contribution in [0.1, 0.15) is 18.5 Å². The van der Waals surface area contributed by atoms with Crippen LogP contribution in [0.3, 0.4) is 0 Å². The Morgan fingerprint density at radius 1 is 1.38 bits per heavy atom. The van der Waals surface area contributed by atoms with Crippen molar-refractivity contribution in [3.63, 3.8) is 0 Å². The molecule has 3 N–H and O–H groups in total. The van der Waals surface area contributed by atoms with Gasteiger partial charge in [-0.1, -0.05) is 0 Å². The summed E-state index contributed by atoms with van der Waals surface area (Å²) in [5.74, 6) is -2.72. The summed E-state index contributed by atoms with van der Waals surface area (Å²) >= 11 is 0. The highest BCUT2D eigenvalue weighted by molar-refractivity contribution is 7.89. The first-order valence-electron chi connectivity index (χ1n) is 5.59. The van der Waals surface area contributed by atoms with Gasteiger partial charge in [-0.15, -0.1) is 0 Å². The largest absolute Gasteiger partial charge is 0.481 e. The second kappa shape index (κ2) is 6.78. The third-order valence-electron chi connectivity index (χ3n) is 2.40. The number of sulfonamides is 1. The van der Waals surface area contributed by atoms with Crippen LogP contribution in [0.2, 0.25) is 0 Å². The number of pyridine rings is 1. The Labute approximate surface area is 119 Å². The zero-order chi connectivity index (χ0) is 16.0. The molecule has 0 spiro atoms. The van der Waals surface area contributed by atoms with E-state index in [9.17, 15) is 18.0 Å². The monoisotopic (exact) mass is 313 g/mol. The molecule has 1 aromatic rings. The first kappa shape index (κ1) is 16.5. The van der Waals surface area contributed by atoms with Gasteiger partial charge in [-0.25, -0.2) is 13.4 Å². The summed E-state index contributed by atoms with van der Waals surface area (Å²) in [4.78, 5) is 24.6. The number of nitriles is 1. The number of aromatic nitrogens is 1. The molecule has 0 fully saturated rings. The molecule has 1 heterocycles. The number of hydrogen-bond donors (Lipinski definition) is 3. The summed E-state index contributed by atoms with van der Waals surface area (Å²) < 4.78 is 25.8. The van der Waals surface area contributed by atoms with E-state index in [0.29, 0.717) is 0 Å². The van der Waals surface area contributed by atoms with Gasteiger partial charge in [-0.3, -0.25) is 9.59 Å². The Hall–Kier alpha value is -2.51. The third-order valence-corrected chi connectivity index (χ3v) is 3.86. The quantitative estimate of drug-likeness (QED) is 0.610. The highest BCUT2D eigenvalue weighted by Crippen LogP contribution is 2.10. The lowest BCUT2D eigenvalue weighted by atomic mass is 10.2. The van der Waals surface area contributed by atoms with E-state index in [1.807, 2.05) is 4.72 Å². The van der Waals surface area contributed by atoms with E-state index in [-0.39, 0.29) is 10.6 Å². The van der Waals surface area contributed by atoms with E-state index in [1.165, 1.54) is 6.07 Å². The molecule has 21 heavy (non-hydrogen) atoms. The van der Waals surface area contributed by atoms with Crippen molar-refractivity contribution in [3.05, 3.63) is 24.0 Å². The Morgan fingerprint density at radius 3 is 2.48 bits per heavy atom. The molecule has 0 aliphatic carbocycles. The Bertz CT molecular complexity index is 677. The number of carboxylic acid groups (broad SMARTS) is 2. The molecule has 0 unspecified atom stereocenters. The molecule has 1 atom stereocenters. The van der Waals surface area contributed by atoms with Crippen molar-refractivity contribution in [1.29, 1.82) is 5.26 Å². The van der Waals surface area contributed by atoms with E-state index in [1.54, 1.807) is 6.07 Å². The second-order valence-electron chi connectivity index (χ2n) is 3.94. The molecular weight excluding hydrogens is 302 g/mol. The summed E-state index contributed by atoms with van der Waals surface area (Å²) in [6.45, 7) is 0. The number of hydrogen-bond acceptors (Lipinski definition) is 6. The average Bonchev–Trinajstić information content (AvgIpc) is 2.43. The number of carbonyl (C=O) groups is 2. The first-order chi connectivity index (χ1) is 9.76. The molecule has 112 valence electrons. The van der Waals surface area contributed by atoms with E-state index < -0.39 is 40.8 Å². The maximum absolute atomic E-state index is 11.9. The smallest absolute Gasteiger partial charge is 0.321 e. The summed E-state index contributed by atoms with van der Waals surface area (Å²) in [6.07, 6.45) is 0.0235. The zero-order valence-electron chi connectivity index (χ0n) is 10.6. The fraction of sp³-hybridized carbons (Fsp3) is 0.273. The van der Waals surface area contributed by atoms with Gasteiger partial charge in [-0.2, -0.15) is 9.98 Å². The van der Waals surface area contributed by atoms with Gasteiger partial charge in [0.2, 0.25) is 10.0 Å². The van der Waals surface area contributed by atoms with Gasteiger partial charge in [0.25, 0.3) is 0 Å². The van der Waals surface area contributed by atoms with Crippen molar-refractivity contribution < 1.29 is 28.2 Å². The number of nitrogens with zero attached hydrogens (tertiary/aromatic N) is 2. The Morgan fingerprint density at radius 2 is 2.05 bits per heavy atom. The topological polar surface area (TPSA) is 157 Å². The molecule has 9 nitrogen and oxygen atoms in total. The maximum Gasteiger partial charge on any atom is 0.321 e. The van der Waals surface area contributed by atoms with E-state index in [0.717, 1.165) is 12.3 Å². The van der Waals surface area contributed by atoms with Crippen LogP contribution in [0.25, 0.3) is 0 Å². The van der Waals surface area contributed by atoms with Crippen molar-refractivity contribution in [2.45, 2.75) is 23.8 Å². The van der Waals surface area contributed by atoms with Crippen molar-refractivity contribution in [1.82, 2.24) is 9.71 Å². The van der Waals surface area contributed by atoms with Gasteiger partial charge < -0.3 is 10.2 Å². The summed E-state index contributed by atoms with van der Waals surface area (Å²) in [5.41, 5.74) is 0.00890. The van der Waals surface area contributed by atoms with Crippen molar-refractivity contribution >= 4 is 22.0 Å². The molecule has 0 aromatic carbocycles. The molecule has 10 heteroatoms. The van der Waals surface area contributed by atoms with Crippen LogP contribution in [0, 0.1) is 11.3 Å². The van der Waals surface area contributed by atoms with Gasteiger partial charge in [0, 0.05) is 12.6 Å². The van der Waals surface area contributed by atoms with Crippen LogP contribution < -0.4 is 4.72 Å². The van der Waals surface area contributed by atoms with E-state index >= 15 is 0 Å². The highest BCUT2D eigenvalue weighted by atomic mass is 32.2. The van der Waals surface area contributed by atoms with Crippen molar-refractivity contribution in [3.8, 4) is 6.07 Å². The Balaban J connectivity index is 2.92. The van der Waals surface area contributed by atoms with Crippen LogP contribution in [-0.4, -0.2) is 41.6 Å². The summed E-state index contributed by atoms with van der Waals surface area (Å²) in [5, 5.41) is 26.0. The third kappa shape index (κ3) is 4.83. The minimum Gasteiger partial charge on any atom is -0.481 e. The highest BCUT2D eigenvalue weighted by Gasteiger charge is 2.26. The lowest BCUT2D eigenvalue weighted by Crippen LogP contribution is -2.41. The average molecular weight is 313 g/mol. The van der Waals surface area contributed by atoms with Gasteiger partial charge >= 0.3 is 11.9 Å². The molecule has 0 aliphatic rings. The summed E-state index contributed by atoms with van der Waals surface area (Å²) in [7, 11) is -4.17. The predicted molar refractivity (Wildman–Crippen MR) is 67.6 cm³/mol. The summed E-state index contributed by atoms with van der Waals surface area (Å²) in [6, 6.07) is 2.41. The predicted octanol–water partition coefficient (Wildman–Crippen LogP) is -0.450. The molecule has 0 bridgehead atoms. The van der Waals surface area contributed by atoms with Gasteiger partial charge in [-0.05, 0) is 18.6 Å². The number of rotatable bonds is 7. The zero-order valence-corrected chi connectivity index (χ0v) is 11.4. The normalized spacial score (nSPS) is 12.3. The van der Waals surface area contributed by atoms with Gasteiger partial charge in [0.15, 0.2) is 0 Å². The SMILES string of the molecule is N#Cc1ccc(S(=O)(=O)N[C@@H](CCC(=O)O)C(=O)O)cn1. The minimum absolute atomic E-state index is 0.00890. The fourth-order valence-corrected chi connectivity index (χ4v) is 2.53. The number of aliphatic carboxylic acids is 2. The standard InChI is InChI=1S/C11H11N3O6S/c12-5-7-1-2-8(6-13-7)21(19,20)14-9(11(17)18)3-4-10(15)16/h1-2,6,9,14H,3-4H2,(H,15,16)(H,17,18)/t9-/m0/s1. The van der Waals surface area contributed by atoms with Crippen LogP contribution in [-0.2, 0) is 19.6 Å². The van der Waals surface area contributed by atoms with Crippen LogP contribution >= 0.6 is 0 Å². The maximum atomic E-state index is 11.9. The lowest BCUT2D eigenvalue weighted by Gasteiger charge is -2.13. The lowest BCUT2D eigenvalue weighted by molar-refractivity contribution is -0.140. The molecule has 1 rings (SSSR count). The van der Waals surface area contributed by atoms with Crippen LogP contribution in [0.4, 0.5) is 0 Å². The first-order valence-corrected chi connectivity index (χ1v) is 7.07. The minimum atomic E-state index is -4.17. The van der Waals surface area contributed by atoms with E-state index in [2.05, 4.69) is 4.98 Å². The Kier molecular flexibility index (Phi) is 5.34. The number of nitrogens with one attached hydrogen (secondary N) is 1. The van der Waals surface area contributed by atoms with Gasteiger partial charge in [0.05, 0.1) is 0 Å².